The highest BCUT2D eigenvalue weighted by atomic mass is 35.5. The van der Waals surface area contributed by atoms with E-state index in [1.807, 2.05) is 60.7 Å². The van der Waals surface area contributed by atoms with Gasteiger partial charge in [0, 0.05) is 29.0 Å². The second-order valence-electron chi connectivity index (χ2n) is 8.09. The van der Waals surface area contributed by atoms with Crippen molar-refractivity contribution < 1.29 is 19.4 Å². The largest absolute Gasteiger partial charge is 0.497 e. The number of carboxylic acid groups (broad SMARTS) is 1. The van der Waals surface area contributed by atoms with Gasteiger partial charge in [-0.25, -0.2) is 9.78 Å². The summed E-state index contributed by atoms with van der Waals surface area (Å²) in [4.78, 5) is 28.6. The summed E-state index contributed by atoms with van der Waals surface area (Å²) < 4.78 is 5.27. The number of nitrogens with one attached hydrogen (secondary N) is 1. The van der Waals surface area contributed by atoms with Crippen LogP contribution in [0.5, 0.6) is 5.75 Å². The molecule has 3 aromatic carbocycles. The average molecular weight is 544 g/mol. The normalized spacial score (nSPS) is 10.4. The minimum Gasteiger partial charge on any atom is -0.497 e. The van der Waals surface area contributed by atoms with Crippen molar-refractivity contribution in [2.24, 2.45) is 0 Å². The van der Waals surface area contributed by atoms with Gasteiger partial charge in [0.2, 0.25) is 5.91 Å². The number of aromatic carboxylic acids is 1. The van der Waals surface area contributed by atoms with Crippen LogP contribution in [0, 0.1) is 11.3 Å². The van der Waals surface area contributed by atoms with Gasteiger partial charge >= 0.3 is 5.97 Å². The summed E-state index contributed by atoms with van der Waals surface area (Å²) in [6, 6.07) is 25.6. The Morgan fingerprint density at radius 1 is 1.05 bits per heavy atom. The van der Waals surface area contributed by atoms with Gasteiger partial charge < -0.3 is 15.2 Å². The molecule has 0 radical (unpaired) electrons. The van der Waals surface area contributed by atoms with Crippen molar-refractivity contribution in [1.82, 2.24) is 4.98 Å². The van der Waals surface area contributed by atoms with Gasteiger partial charge in [-0.3, -0.25) is 4.79 Å². The number of halogens is 1. The lowest BCUT2D eigenvalue weighted by molar-refractivity contribution is -0.115. The van der Waals surface area contributed by atoms with E-state index >= 15 is 0 Å². The number of aromatic nitrogens is 1. The first-order valence-corrected chi connectivity index (χ1v) is 12.9. The second kappa shape index (κ2) is 12.3. The molecular formula is C29H22ClN3O4S. The predicted molar refractivity (Wildman–Crippen MR) is 149 cm³/mol. The van der Waals surface area contributed by atoms with E-state index in [2.05, 4.69) is 11.4 Å². The van der Waals surface area contributed by atoms with E-state index in [-0.39, 0.29) is 22.9 Å². The number of rotatable bonds is 9. The Bertz CT molecular complexity index is 1520. The molecule has 0 aliphatic rings. The fourth-order valence-corrected chi connectivity index (χ4v) is 4.86. The number of pyridine rings is 1. The molecule has 7 nitrogen and oxygen atoms in total. The molecule has 0 atom stereocenters. The van der Waals surface area contributed by atoms with Crippen LogP contribution in [0.3, 0.4) is 0 Å². The fourth-order valence-electron chi connectivity index (χ4n) is 3.72. The molecule has 1 aromatic heterocycles. The van der Waals surface area contributed by atoms with Gasteiger partial charge in [-0.15, -0.1) is 11.8 Å². The summed E-state index contributed by atoms with van der Waals surface area (Å²) >= 11 is 7.21. The second-order valence-corrected chi connectivity index (χ2v) is 9.58. The molecule has 0 fully saturated rings. The average Bonchev–Trinajstić information content (AvgIpc) is 2.94. The van der Waals surface area contributed by atoms with E-state index in [0.717, 1.165) is 16.7 Å². The van der Waals surface area contributed by atoms with Gasteiger partial charge in [-0.2, -0.15) is 5.26 Å². The van der Waals surface area contributed by atoms with Crippen LogP contribution in [0.1, 0.15) is 22.3 Å². The molecule has 0 saturated carbocycles. The lowest BCUT2D eigenvalue weighted by atomic mass is 9.99. The van der Waals surface area contributed by atoms with Gasteiger partial charge in [-0.05, 0) is 42.0 Å². The van der Waals surface area contributed by atoms with Gasteiger partial charge in [0.25, 0.3) is 0 Å². The van der Waals surface area contributed by atoms with Crippen molar-refractivity contribution in [1.29, 1.82) is 5.26 Å². The van der Waals surface area contributed by atoms with Crippen molar-refractivity contribution in [2.45, 2.75) is 11.4 Å². The van der Waals surface area contributed by atoms with E-state index in [1.165, 1.54) is 23.9 Å². The molecule has 9 heteroatoms. The van der Waals surface area contributed by atoms with Crippen molar-refractivity contribution in [3.8, 4) is 34.2 Å². The smallest absolute Gasteiger partial charge is 0.337 e. The van der Waals surface area contributed by atoms with E-state index in [1.54, 1.807) is 13.2 Å². The zero-order valence-electron chi connectivity index (χ0n) is 20.3. The number of ether oxygens (including phenoxy) is 1. The molecule has 1 heterocycles. The first kappa shape index (κ1) is 26.7. The standard InChI is InChI=1S/C29H22ClN3O4S/c1-37-21-10-7-18(8-11-21)22-16-26(19-5-3-2-4-6-19)33-28(24(22)17-31)38-14-13-27(34)32-20-9-12-25(30)23(15-20)29(35)36/h2-12,15-16H,13-14H2,1H3,(H,32,34)(H,35,36). The number of hydrogen-bond acceptors (Lipinski definition) is 6. The van der Waals surface area contributed by atoms with Gasteiger partial charge in [0.05, 0.1) is 29.0 Å². The number of nitrogens with zero attached hydrogens (tertiary/aromatic N) is 2. The number of hydrogen-bond donors (Lipinski definition) is 2. The van der Waals surface area contributed by atoms with Crippen LogP contribution in [0.25, 0.3) is 22.4 Å². The number of amides is 1. The van der Waals surface area contributed by atoms with Gasteiger partial charge in [0.15, 0.2) is 0 Å². The van der Waals surface area contributed by atoms with E-state index in [4.69, 9.17) is 21.3 Å². The lowest BCUT2D eigenvalue weighted by Crippen LogP contribution is -2.13. The summed E-state index contributed by atoms with van der Waals surface area (Å²) in [5, 5.41) is 22.6. The maximum atomic E-state index is 12.6. The van der Waals surface area contributed by atoms with Crippen molar-refractivity contribution in [3.63, 3.8) is 0 Å². The zero-order chi connectivity index (χ0) is 27.1. The van der Waals surface area contributed by atoms with Crippen LogP contribution in [0.15, 0.2) is 83.9 Å². The fraction of sp³-hybridized carbons (Fsp3) is 0.103. The molecule has 38 heavy (non-hydrogen) atoms. The molecule has 4 rings (SSSR count). The van der Waals surface area contributed by atoms with E-state index in [9.17, 15) is 20.0 Å². The maximum Gasteiger partial charge on any atom is 0.337 e. The number of anilines is 1. The third-order valence-electron chi connectivity index (χ3n) is 5.62. The molecule has 0 aliphatic carbocycles. The van der Waals surface area contributed by atoms with Crippen LogP contribution in [0.2, 0.25) is 5.02 Å². The van der Waals surface area contributed by atoms with Gasteiger partial charge in [-0.1, -0.05) is 54.1 Å². The van der Waals surface area contributed by atoms with Crippen molar-refractivity contribution >= 4 is 40.9 Å². The van der Waals surface area contributed by atoms with Crippen LogP contribution in [-0.2, 0) is 4.79 Å². The molecule has 4 aromatic rings. The van der Waals surface area contributed by atoms with Gasteiger partial charge in [0.1, 0.15) is 16.8 Å². The Labute approximate surface area is 229 Å². The van der Waals surface area contributed by atoms with Crippen molar-refractivity contribution in [2.75, 3.05) is 18.2 Å². The first-order valence-electron chi connectivity index (χ1n) is 11.5. The Hall–Kier alpha value is -4.32. The summed E-state index contributed by atoms with van der Waals surface area (Å²) in [5.74, 6) is -0.416. The quantitative estimate of drug-likeness (QED) is 0.224. The summed E-state index contributed by atoms with van der Waals surface area (Å²) in [6.07, 6.45) is 0.121. The molecule has 0 saturated heterocycles. The van der Waals surface area contributed by atoms with Crippen LogP contribution >= 0.6 is 23.4 Å². The minimum atomic E-state index is -1.18. The molecule has 0 spiro atoms. The SMILES string of the molecule is COc1ccc(-c2cc(-c3ccccc3)nc(SCCC(=O)Nc3ccc(Cl)c(C(=O)O)c3)c2C#N)cc1. The third-order valence-corrected chi connectivity index (χ3v) is 6.92. The number of carbonyl (C=O) groups is 2. The minimum absolute atomic E-state index is 0.0899. The monoisotopic (exact) mass is 543 g/mol. The van der Waals surface area contributed by atoms with Crippen LogP contribution < -0.4 is 10.1 Å². The predicted octanol–water partition coefficient (Wildman–Crippen LogP) is 6.77. The molecule has 190 valence electrons. The van der Waals surface area contributed by atoms with E-state index < -0.39 is 5.97 Å². The highest BCUT2D eigenvalue weighted by molar-refractivity contribution is 7.99. The van der Waals surface area contributed by atoms with Crippen LogP contribution in [0.4, 0.5) is 5.69 Å². The molecule has 0 bridgehead atoms. The summed E-state index contributed by atoms with van der Waals surface area (Å²) in [7, 11) is 1.60. The summed E-state index contributed by atoms with van der Waals surface area (Å²) in [5.41, 5.74) is 3.87. The number of carbonyl (C=O) groups excluding carboxylic acids is 1. The third kappa shape index (κ3) is 6.32. The Morgan fingerprint density at radius 2 is 1.79 bits per heavy atom. The zero-order valence-corrected chi connectivity index (χ0v) is 21.8. The molecular weight excluding hydrogens is 522 g/mol. The number of benzene rings is 3. The highest BCUT2D eigenvalue weighted by Crippen LogP contribution is 2.35. The number of thioether (sulfide) groups is 1. The Kier molecular flexibility index (Phi) is 8.64. The molecule has 0 aliphatic heterocycles. The lowest BCUT2D eigenvalue weighted by Gasteiger charge is -2.13. The first-order chi connectivity index (χ1) is 18.4. The topological polar surface area (TPSA) is 112 Å². The maximum absolute atomic E-state index is 12.6. The van der Waals surface area contributed by atoms with Crippen LogP contribution in [-0.4, -0.2) is 34.8 Å². The number of methoxy groups -OCH3 is 1. The number of nitriles is 1. The Balaban J connectivity index is 1.57. The van der Waals surface area contributed by atoms with E-state index in [0.29, 0.717) is 33.5 Å². The Morgan fingerprint density at radius 3 is 2.45 bits per heavy atom. The summed E-state index contributed by atoms with van der Waals surface area (Å²) in [6.45, 7) is 0. The highest BCUT2D eigenvalue weighted by Gasteiger charge is 2.17. The molecule has 2 N–H and O–H groups in total. The molecule has 1 amide bonds. The van der Waals surface area contributed by atoms with Crippen molar-refractivity contribution in [3.05, 3.63) is 95.0 Å². The number of carboxylic acids is 1. The molecule has 0 unspecified atom stereocenters.